The number of anilines is 1. The van der Waals surface area contributed by atoms with Gasteiger partial charge in [0, 0.05) is 47.5 Å². The van der Waals surface area contributed by atoms with Crippen LogP contribution in [0.5, 0.6) is 0 Å². The number of benzene rings is 1. The fourth-order valence-electron chi connectivity index (χ4n) is 4.06. The summed E-state index contributed by atoms with van der Waals surface area (Å²) in [7, 11) is 0. The molecule has 31 heavy (non-hydrogen) atoms. The number of carbonyl (C=O) groups is 1. The molecule has 1 aliphatic heterocycles. The molecular formula is C24H18N6O. The zero-order chi connectivity index (χ0) is 21.5. The number of hydrogen-bond donors (Lipinski definition) is 1. The lowest BCUT2D eigenvalue weighted by Crippen LogP contribution is -2.26. The SMILES string of the molecule is C=C(C#N)CN1Cc2c(-c3ccn4ncc(-c5cccnc5)c4c3)ccc(N)c2C1=O. The lowest BCUT2D eigenvalue weighted by Gasteiger charge is -2.14. The van der Waals surface area contributed by atoms with Gasteiger partial charge in [0.25, 0.3) is 5.91 Å². The van der Waals surface area contributed by atoms with Crippen LogP contribution in [0.15, 0.2) is 73.3 Å². The molecule has 7 nitrogen and oxygen atoms in total. The molecular weight excluding hydrogens is 388 g/mol. The van der Waals surface area contributed by atoms with Crippen LogP contribution in [0.3, 0.4) is 0 Å². The minimum atomic E-state index is -0.174. The summed E-state index contributed by atoms with van der Waals surface area (Å²) in [5, 5.41) is 13.5. The first kappa shape index (κ1) is 18.6. The maximum absolute atomic E-state index is 12.9. The second kappa shape index (κ2) is 7.11. The summed E-state index contributed by atoms with van der Waals surface area (Å²) >= 11 is 0. The van der Waals surface area contributed by atoms with E-state index >= 15 is 0 Å². The Morgan fingerprint density at radius 3 is 2.84 bits per heavy atom. The Kier molecular flexibility index (Phi) is 4.26. The van der Waals surface area contributed by atoms with Gasteiger partial charge in [-0.15, -0.1) is 0 Å². The van der Waals surface area contributed by atoms with E-state index in [0.29, 0.717) is 23.4 Å². The van der Waals surface area contributed by atoms with Crippen LogP contribution in [0.1, 0.15) is 15.9 Å². The molecule has 0 aliphatic carbocycles. The van der Waals surface area contributed by atoms with Crippen LogP contribution in [0, 0.1) is 11.3 Å². The molecule has 1 aromatic carbocycles. The summed E-state index contributed by atoms with van der Waals surface area (Å²) in [6.45, 7) is 4.28. The molecule has 150 valence electrons. The summed E-state index contributed by atoms with van der Waals surface area (Å²) < 4.78 is 1.82. The molecule has 0 fully saturated rings. The molecule has 5 rings (SSSR count). The highest BCUT2D eigenvalue weighted by Crippen LogP contribution is 2.37. The van der Waals surface area contributed by atoms with E-state index in [1.807, 2.05) is 53.4 Å². The highest BCUT2D eigenvalue weighted by Gasteiger charge is 2.32. The molecule has 0 unspecified atom stereocenters. The molecule has 0 spiro atoms. The third-order valence-electron chi connectivity index (χ3n) is 5.54. The van der Waals surface area contributed by atoms with Crippen LogP contribution >= 0.6 is 0 Å². The maximum Gasteiger partial charge on any atom is 0.256 e. The average molecular weight is 406 g/mol. The molecule has 1 aliphatic rings. The fraction of sp³-hybridized carbons (Fsp3) is 0.0833. The Labute approximate surface area is 178 Å². The number of amides is 1. The predicted molar refractivity (Wildman–Crippen MR) is 118 cm³/mol. The lowest BCUT2D eigenvalue weighted by atomic mass is 9.95. The highest BCUT2D eigenvalue weighted by molar-refractivity contribution is 6.05. The van der Waals surface area contributed by atoms with Crippen LogP contribution < -0.4 is 5.73 Å². The van der Waals surface area contributed by atoms with Gasteiger partial charge in [-0.2, -0.15) is 10.4 Å². The van der Waals surface area contributed by atoms with Crippen molar-refractivity contribution in [2.75, 3.05) is 12.3 Å². The zero-order valence-corrected chi connectivity index (χ0v) is 16.6. The van der Waals surface area contributed by atoms with Crippen molar-refractivity contribution in [3.8, 4) is 28.3 Å². The van der Waals surface area contributed by atoms with Crippen LogP contribution in [0.2, 0.25) is 0 Å². The topological polar surface area (TPSA) is 100 Å². The van der Waals surface area contributed by atoms with Crippen molar-refractivity contribution in [3.63, 3.8) is 0 Å². The number of pyridine rings is 2. The van der Waals surface area contributed by atoms with Crippen LogP contribution in [0.25, 0.3) is 27.8 Å². The molecule has 0 bridgehead atoms. The normalized spacial score (nSPS) is 12.7. The largest absolute Gasteiger partial charge is 0.398 e. The summed E-state index contributed by atoms with van der Waals surface area (Å²) in [4.78, 5) is 18.8. The molecule has 4 aromatic rings. The van der Waals surface area contributed by atoms with Gasteiger partial charge < -0.3 is 10.6 Å². The van der Waals surface area contributed by atoms with Gasteiger partial charge in [0.05, 0.1) is 29.9 Å². The molecule has 0 radical (unpaired) electrons. The Bertz CT molecular complexity index is 1400. The standard InChI is InChI=1S/C24H18N6O/c1-15(10-25)13-29-14-20-18(4-5-21(26)23(20)24(29)31)16-6-8-30-22(9-16)19(12-28-30)17-3-2-7-27-11-17/h2-9,11-12H,1,13-14,26H2. The predicted octanol–water partition coefficient (Wildman–Crippen LogP) is 3.68. The first-order chi connectivity index (χ1) is 15.1. The second-order valence-electron chi connectivity index (χ2n) is 7.48. The van der Waals surface area contributed by atoms with Crippen molar-refractivity contribution >= 4 is 17.1 Å². The Morgan fingerprint density at radius 2 is 2.06 bits per heavy atom. The lowest BCUT2D eigenvalue weighted by molar-refractivity contribution is 0.0794. The van der Waals surface area contributed by atoms with E-state index < -0.39 is 0 Å². The molecule has 0 saturated carbocycles. The van der Waals surface area contributed by atoms with E-state index in [1.165, 1.54) is 0 Å². The number of carbonyl (C=O) groups excluding carboxylic acids is 1. The number of hydrogen-bond acceptors (Lipinski definition) is 5. The average Bonchev–Trinajstić information content (AvgIpc) is 3.36. The third-order valence-corrected chi connectivity index (χ3v) is 5.54. The molecule has 2 N–H and O–H groups in total. The minimum absolute atomic E-state index is 0.174. The van der Waals surface area contributed by atoms with Gasteiger partial charge in [0.1, 0.15) is 0 Å². The summed E-state index contributed by atoms with van der Waals surface area (Å²) in [5.74, 6) is -0.174. The van der Waals surface area contributed by atoms with Crippen LogP contribution in [-0.2, 0) is 6.54 Å². The summed E-state index contributed by atoms with van der Waals surface area (Å²) in [6, 6.07) is 13.6. The first-order valence-electron chi connectivity index (χ1n) is 9.73. The van der Waals surface area contributed by atoms with E-state index in [1.54, 1.807) is 17.2 Å². The maximum atomic E-state index is 12.9. The number of rotatable bonds is 4. The van der Waals surface area contributed by atoms with Crippen molar-refractivity contribution in [2.24, 2.45) is 0 Å². The van der Waals surface area contributed by atoms with Gasteiger partial charge >= 0.3 is 0 Å². The highest BCUT2D eigenvalue weighted by atomic mass is 16.2. The van der Waals surface area contributed by atoms with E-state index in [0.717, 1.165) is 33.3 Å². The van der Waals surface area contributed by atoms with Gasteiger partial charge in [-0.3, -0.25) is 9.78 Å². The van der Waals surface area contributed by atoms with Gasteiger partial charge in [0.15, 0.2) is 0 Å². The number of nitrogen functional groups attached to an aromatic ring is 1. The monoisotopic (exact) mass is 406 g/mol. The molecule has 7 heteroatoms. The Morgan fingerprint density at radius 1 is 1.19 bits per heavy atom. The smallest absolute Gasteiger partial charge is 0.256 e. The number of nitrogens with zero attached hydrogens (tertiary/aromatic N) is 5. The van der Waals surface area contributed by atoms with Gasteiger partial charge in [-0.25, -0.2) is 4.52 Å². The van der Waals surface area contributed by atoms with Crippen molar-refractivity contribution in [3.05, 3.63) is 84.5 Å². The van der Waals surface area contributed by atoms with Crippen molar-refractivity contribution < 1.29 is 4.79 Å². The van der Waals surface area contributed by atoms with Crippen LogP contribution in [-0.4, -0.2) is 31.9 Å². The number of nitriles is 1. The van der Waals surface area contributed by atoms with E-state index in [2.05, 4.69) is 22.7 Å². The second-order valence-corrected chi connectivity index (χ2v) is 7.48. The molecule has 1 amide bonds. The molecule has 0 atom stereocenters. The van der Waals surface area contributed by atoms with E-state index in [9.17, 15) is 4.79 Å². The fourth-order valence-corrected chi connectivity index (χ4v) is 4.06. The quantitative estimate of drug-likeness (QED) is 0.412. The molecule has 3 aromatic heterocycles. The van der Waals surface area contributed by atoms with Crippen molar-refractivity contribution in [1.29, 1.82) is 5.26 Å². The van der Waals surface area contributed by atoms with Crippen LogP contribution in [0.4, 0.5) is 5.69 Å². The van der Waals surface area contributed by atoms with E-state index in [4.69, 9.17) is 11.0 Å². The zero-order valence-electron chi connectivity index (χ0n) is 16.6. The van der Waals surface area contributed by atoms with Crippen molar-refractivity contribution in [1.82, 2.24) is 19.5 Å². The third kappa shape index (κ3) is 3.02. The summed E-state index contributed by atoms with van der Waals surface area (Å²) in [6.07, 6.45) is 7.27. The van der Waals surface area contributed by atoms with Gasteiger partial charge in [-0.1, -0.05) is 18.7 Å². The number of aromatic nitrogens is 3. The van der Waals surface area contributed by atoms with E-state index in [-0.39, 0.29) is 12.5 Å². The first-order valence-corrected chi connectivity index (χ1v) is 9.73. The summed E-state index contributed by atoms with van der Waals surface area (Å²) in [5.41, 5.74) is 13.1. The Hall–Kier alpha value is -4.44. The minimum Gasteiger partial charge on any atom is -0.398 e. The van der Waals surface area contributed by atoms with Gasteiger partial charge in [-0.05, 0) is 41.0 Å². The molecule has 0 saturated heterocycles. The van der Waals surface area contributed by atoms with Crippen molar-refractivity contribution in [2.45, 2.75) is 6.54 Å². The number of nitrogens with two attached hydrogens (primary N) is 1. The number of fused-ring (bicyclic) bond motifs is 2. The molecule has 4 heterocycles. The van der Waals surface area contributed by atoms with Gasteiger partial charge in [0.2, 0.25) is 0 Å². The Balaban J connectivity index is 1.62.